The Morgan fingerprint density at radius 1 is 1.38 bits per heavy atom. The predicted octanol–water partition coefficient (Wildman–Crippen LogP) is 3.11. The van der Waals surface area contributed by atoms with Crippen molar-refractivity contribution in [2.75, 3.05) is 13.0 Å². The molecule has 1 aromatic rings. The minimum absolute atomic E-state index is 0.0592. The lowest BCUT2D eigenvalue weighted by Crippen LogP contribution is -2.40. The van der Waals surface area contributed by atoms with Crippen LogP contribution in [-0.2, 0) is 6.54 Å². The number of nitrogens with one attached hydrogen (secondary N) is 1. The second-order valence-corrected chi connectivity index (χ2v) is 4.95. The largest absolute Gasteiger partial charge is 0.496 e. The van der Waals surface area contributed by atoms with Crippen molar-refractivity contribution >= 4 is 11.6 Å². The Bertz CT molecular complexity index is 350. The van der Waals surface area contributed by atoms with Crippen LogP contribution in [0.4, 0.5) is 0 Å². The zero-order valence-electron chi connectivity index (χ0n) is 10.4. The molecule has 0 aliphatic heterocycles. The minimum Gasteiger partial charge on any atom is -0.496 e. The van der Waals surface area contributed by atoms with E-state index in [1.54, 1.807) is 7.11 Å². The molecule has 0 amide bonds. The van der Waals surface area contributed by atoms with Crippen molar-refractivity contribution in [1.82, 2.24) is 5.32 Å². The van der Waals surface area contributed by atoms with E-state index in [4.69, 9.17) is 16.3 Å². The number of hydrogen-bond donors (Lipinski definition) is 1. The van der Waals surface area contributed by atoms with Crippen molar-refractivity contribution in [3.05, 3.63) is 29.3 Å². The zero-order valence-corrected chi connectivity index (χ0v) is 11.2. The van der Waals surface area contributed by atoms with E-state index in [1.165, 1.54) is 11.1 Å². The first kappa shape index (κ1) is 13.3. The van der Waals surface area contributed by atoms with Gasteiger partial charge in [0.2, 0.25) is 0 Å². The lowest BCUT2D eigenvalue weighted by atomic mass is 10.1. The molecule has 0 saturated heterocycles. The van der Waals surface area contributed by atoms with Gasteiger partial charge in [-0.2, -0.15) is 0 Å². The first-order valence-corrected chi connectivity index (χ1v) is 5.96. The second kappa shape index (κ2) is 5.55. The van der Waals surface area contributed by atoms with Crippen LogP contribution >= 0.6 is 11.6 Å². The van der Waals surface area contributed by atoms with E-state index in [0.29, 0.717) is 5.88 Å². The predicted molar refractivity (Wildman–Crippen MR) is 69.4 cm³/mol. The maximum absolute atomic E-state index is 5.87. The van der Waals surface area contributed by atoms with Gasteiger partial charge in [-0.15, -0.1) is 11.6 Å². The summed E-state index contributed by atoms with van der Waals surface area (Å²) in [6.45, 7) is 7.02. The number of alkyl halides is 1. The molecule has 1 rings (SSSR count). The smallest absolute Gasteiger partial charge is 0.123 e. The Labute approximate surface area is 103 Å². The van der Waals surface area contributed by atoms with Gasteiger partial charge in [0.05, 0.1) is 7.11 Å². The Balaban J connectivity index is 2.76. The summed E-state index contributed by atoms with van der Waals surface area (Å²) < 4.78 is 5.33. The van der Waals surface area contributed by atoms with Gasteiger partial charge in [-0.1, -0.05) is 17.7 Å². The summed E-state index contributed by atoms with van der Waals surface area (Å²) in [6.07, 6.45) is 0. The number of rotatable bonds is 5. The maximum Gasteiger partial charge on any atom is 0.123 e. The van der Waals surface area contributed by atoms with Crippen LogP contribution in [0, 0.1) is 6.92 Å². The highest BCUT2D eigenvalue weighted by Gasteiger charge is 2.15. The van der Waals surface area contributed by atoms with Crippen LogP contribution in [0.25, 0.3) is 0 Å². The second-order valence-electron chi connectivity index (χ2n) is 4.69. The lowest BCUT2D eigenvalue weighted by Gasteiger charge is -2.24. The molecule has 0 saturated carbocycles. The van der Waals surface area contributed by atoms with Crippen molar-refractivity contribution in [1.29, 1.82) is 0 Å². The SMILES string of the molecule is COc1ccc(C)cc1CNC(C)(C)CCl. The van der Waals surface area contributed by atoms with Crippen LogP contribution in [0.2, 0.25) is 0 Å². The average Bonchev–Trinajstić information content (AvgIpc) is 2.27. The van der Waals surface area contributed by atoms with Gasteiger partial charge in [-0.25, -0.2) is 0 Å². The van der Waals surface area contributed by atoms with Crippen LogP contribution in [0.15, 0.2) is 18.2 Å². The van der Waals surface area contributed by atoms with Gasteiger partial charge in [-0.05, 0) is 26.8 Å². The first-order valence-electron chi connectivity index (χ1n) is 5.43. The van der Waals surface area contributed by atoms with Gasteiger partial charge in [0.25, 0.3) is 0 Å². The summed E-state index contributed by atoms with van der Waals surface area (Å²) in [5, 5.41) is 3.41. The summed E-state index contributed by atoms with van der Waals surface area (Å²) in [7, 11) is 1.70. The van der Waals surface area contributed by atoms with E-state index < -0.39 is 0 Å². The van der Waals surface area contributed by atoms with Gasteiger partial charge >= 0.3 is 0 Å². The Morgan fingerprint density at radius 2 is 2.06 bits per heavy atom. The number of aryl methyl sites for hydroxylation is 1. The Kier molecular flexibility index (Phi) is 4.63. The molecule has 1 aromatic carbocycles. The molecular formula is C13H20ClNO. The van der Waals surface area contributed by atoms with E-state index in [0.717, 1.165) is 12.3 Å². The minimum atomic E-state index is -0.0592. The van der Waals surface area contributed by atoms with Gasteiger partial charge in [0.15, 0.2) is 0 Å². The molecule has 1 N–H and O–H groups in total. The monoisotopic (exact) mass is 241 g/mol. The molecular weight excluding hydrogens is 222 g/mol. The van der Waals surface area contributed by atoms with Crippen molar-refractivity contribution in [2.24, 2.45) is 0 Å². The van der Waals surface area contributed by atoms with Crippen molar-refractivity contribution in [2.45, 2.75) is 32.9 Å². The number of halogens is 1. The molecule has 0 bridgehead atoms. The first-order chi connectivity index (χ1) is 7.48. The highest BCUT2D eigenvalue weighted by atomic mass is 35.5. The third kappa shape index (κ3) is 3.69. The van der Waals surface area contributed by atoms with E-state index in [9.17, 15) is 0 Å². The third-order valence-corrected chi connectivity index (χ3v) is 3.20. The molecule has 0 fully saturated rings. The van der Waals surface area contributed by atoms with Gasteiger partial charge in [0.1, 0.15) is 5.75 Å². The molecule has 0 heterocycles. The van der Waals surface area contributed by atoms with Crippen LogP contribution in [0.1, 0.15) is 25.0 Å². The number of ether oxygens (including phenoxy) is 1. The van der Waals surface area contributed by atoms with Crippen molar-refractivity contribution < 1.29 is 4.74 Å². The Hall–Kier alpha value is -0.730. The van der Waals surface area contributed by atoms with Gasteiger partial charge in [0, 0.05) is 23.5 Å². The third-order valence-electron chi connectivity index (χ3n) is 2.53. The topological polar surface area (TPSA) is 21.3 Å². The van der Waals surface area contributed by atoms with E-state index in [1.807, 2.05) is 6.07 Å². The molecule has 16 heavy (non-hydrogen) atoms. The standard InChI is InChI=1S/C13H20ClNO/c1-10-5-6-12(16-4)11(7-10)8-15-13(2,3)9-14/h5-7,15H,8-9H2,1-4H3. The molecule has 0 radical (unpaired) electrons. The summed E-state index contributed by atoms with van der Waals surface area (Å²) in [5.41, 5.74) is 2.35. The molecule has 0 aliphatic carbocycles. The van der Waals surface area contributed by atoms with E-state index >= 15 is 0 Å². The Morgan fingerprint density at radius 3 is 2.62 bits per heavy atom. The fourth-order valence-corrected chi connectivity index (χ4v) is 1.52. The normalized spacial score (nSPS) is 11.6. The highest BCUT2D eigenvalue weighted by Crippen LogP contribution is 2.20. The summed E-state index contributed by atoms with van der Waals surface area (Å²) in [5.74, 6) is 1.50. The van der Waals surface area contributed by atoms with E-state index in [-0.39, 0.29) is 5.54 Å². The molecule has 90 valence electrons. The molecule has 0 spiro atoms. The quantitative estimate of drug-likeness (QED) is 0.800. The van der Waals surface area contributed by atoms with Gasteiger partial charge in [-0.3, -0.25) is 0 Å². The fraction of sp³-hybridized carbons (Fsp3) is 0.538. The van der Waals surface area contributed by atoms with Crippen LogP contribution in [0.3, 0.4) is 0 Å². The zero-order chi connectivity index (χ0) is 12.2. The average molecular weight is 242 g/mol. The number of methoxy groups -OCH3 is 1. The molecule has 3 heteroatoms. The molecule has 0 unspecified atom stereocenters. The molecule has 0 aliphatic rings. The molecule has 2 nitrogen and oxygen atoms in total. The lowest BCUT2D eigenvalue weighted by molar-refractivity contribution is 0.393. The molecule has 0 atom stereocenters. The summed E-state index contributed by atoms with van der Waals surface area (Å²) >= 11 is 5.87. The van der Waals surface area contributed by atoms with E-state index in [2.05, 4.69) is 38.2 Å². The van der Waals surface area contributed by atoms with Crippen molar-refractivity contribution in [3.63, 3.8) is 0 Å². The van der Waals surface area contributed by atoms with Crippen molar-refractivity contribution in [3.8, 4) is 5.75 Å². The van der Waals surface area contributed by atoms with Crippen LogP contribution in [0.5, 0.6) is 5.75 Å². The van der Waals surface area contributed by atoms with Gasteiger partial charge < -0.3 is 10.1 Å². The number of benzene rings is 1. The summed E-state index contributed by atoms with van der Waals surface area (Å²) in [4.78, 5) is 0. The highest BCUT2D eigenvalue weighted by molar-refractivity contribution is 6.18. The fourth-order valence-electron chi connectivity index (χ4n) is 1.43. The summed E-state index contributed by atoms with van der Waals surface area (Å²) in [6, 6.07) is 6.19. The number of hydrogen-bond acceptors (Lipinski definition) is 2. The maximum atomic E-state index is 5.87. The van der Waals surface area contributed by atoms with Crippen LogP contribution in [-0.4, -0.2) is 18.5 Å². The van der Waals surface area contributed by atoms with Crippen LogP contribution < -0.4 is 10.1 Å². The molecule has 0 aromatic heterocycles.